The third-order valence-corrected chi connectivity index (χ3v) is 2.14. The highest BCUT2D eigenvalue weighted by atomic mass is 16.6. The lowest BCUT2D eigenvalue weighted by Gasteiger charge is -2.20. The van der Waals surface area contributed by atoms with Crippen LogP contribution in [0.2, 0.25) is 0 Å². The SMILES string of the molecule is COc1cc(O)c(NC(=O)OC(C)(C)C)cc1OC. The number of aromatic hydroxyl groups is 1. The van der Waals surface area contributed by atoms with E-state index in [9.17, 15) is 9.90 Å². The van der Waals surface area contributed by atoms with Crippen molar-refractivity contribution in [3.8, 4) is 17.2 Å². The number of hydrogen-bond acceptors (Lipinski definition) is 5. The Labute approximate surface area is 112 Å². The van der Waals surface area contributed by atoms with E-state index in [2.05, 4.69) is 5.32 Å². The fourth-order valence-corrected chi connectivity index (χ4v) is 1.38. The van der Waals surface area contributed by atoms with Crippen LogP contribution in [0, 0.1) is 0 Å². The number of rotatable bonds is 3. The zero-order valence-corrected chi connectivity index (χ0v) is 11.7. The molecule has 106 valence electrons. The van der Waals surface area contributed by atoms with E-state index in [-0.39, 0.29) is 11.4 Å². The molecule has 1 aromatic carbocycles. The molecule has 19 heavy (non-hydrogen) atoms. The van der Waals surface area contributed by atoms with E-state index in [0.717, 1.165) is 0 Å². The summed E-state index contributed by atoms with van der Waals surface area (Å²) in [6.45, 7) is 5.25. The van der Waals surface area contributed by atoms with Gasteiger partial charge in [0, 0.05) is 12.1 Å². The molecule has 1 aromatic rings. The number of amides is 1. The normalized spacial score (nSPS) is 10.8. The maximum absolute atomic E-state index is 11.6. The molecule has 6 nitrogen and oxygen atoms in total. The van der Waals surface area contributed by atoms with Gasteiger partial charge in [-0.15, -0.1) is 0 Å². The second-order valence-electron chi connectivity index (χ2n) is 4.85. The molecule has 0 fully saturated rings. The van der Waals surface area contributed by atoms with E-state index < -0.39 is 11.7 Å². The Morgan fingerprint density at radius 2 is 1.68 bits per heavy atom. The predicted octanol–water partition coefficient (Wildman–Crippen LogP) is 2.76. The zero-order chi connectivity index (χ0) is 14.6. The first-order valence-corrected chi connectivity index (χ1v) is 5.72. The molecule has 0 atom stereocenters. The summed E-state index contributed by atoms with van der Waals surface area (Å²) in [5.74, 6) is 0.629. The summed E-state index contributed by atoms with van der Waals surface area (Å²) < 4.78 is 15.2. The van der Waals surface area contributed by atoms with Crippen LogP contribution < -0.4 is 14.8 Å². The number of carbonyl (C=O) groups is 1. The zero-order valence-electron chi connectivity index (χ0n) is 11.7. The van der Waals surface area contributed by atoms with Crippen molar-refractivity contribution in [3.05, 3.63) is 12.1 Å². The van der Waals surface area contributed by atoms with Crippen molar-refractivity contribution in [1.82, 2.24) is 0 Å². The molecule has 0 aliphatic carbocycles. The third-order valence-electron chi connectivity index (χ3n) is 2.14. The number of phenolic OH excluding ortho intramolecular Hbond substituents is 1. The van der Waals surface area contributed by atoms with Crippen LogP contribution in [-0.4, -0.2) is 31.0 Å². The van der Waals surface area contributed by atoms with Crippen molar-refractivity contribution in [2.75, 3.05) is 19.5 Å². The Kier molecular flexibility index (Phi) is 4.47. The maximum Gasteiger partial charge on any atom is 0.412 e. The Morgan fingerprint density at radius 1 is 1.16 bits per heavy atom. The number of benzene rings is 1. The van der Waals surface area contributed by atoms with Gasteiger partial charge in [-0.05, 0) is 20.8 Å². The summed E-state index contributed by atoms with van der Waals surface area (Å²) in [5.41, 5.74) is -0.428. The number of nitrogens with one attached hydrogen (secondary N) is 1. The molecule has 0 radical (unpaired) electrons. The molecule has 0 unspecified atom stereocenters. The fourth-order valence-electron chi connectivity index (χ4n) is 1.38. The second kappa shape index (κ2) is 5.69. The number of ether oxygens (including phenoxy) is 3. The Hall–Kier alpha value is -2.11. The van der Waals surface area contributed by atoms with Gasteiger partial charge in [-0.25, -0.2) is 4.79 Å². The lowest BCUT2D eigenvalue weighted by Crippen LogP contribution is -2.27. The van der Waals surface area contributed by atoms with Gasteiger partial charge in [-0.1, -0.05) is 0 Å². The predicted molar refractivity (Wildman–Crippen MR) is 71.1 cm³/mol. The van der Waals surface area contributed by atoms with Gasteiger partial charge in [0.15, 0.2) is 11.5 Å². The first kappa shape index (κ1) is 14.9. The van der Waals surface area contributed by atoms with Gasteiger partial charge < -0.3 is 19.3 Å². The topological polar surface area (TPSA) is 77.0 Å². The summed E-state index contributed by atoms with van der Waals surface area (Å²) in [4.78, 5) is 11.6. The van der Waals surface area contributed by atoms with Gasteiger partial charge in [0.05, 0.1) is 19.9 Å². The number of methoxy groups -OCH3 is 2. The van der Waals surface area contributed by atoms with E-state index in [1.807, 2.05) is 0 Å². The average molecular weight is 269 g/mol. The molecule has 0 saturated heterocycles. The van der Waals surface area contributed by atoms with Crippen LogP contribution in [0.3, 0.4) is 0 Å². The highest BCUT2D eigenvalue weighted by Gasteiger charge is 2.18. The molecule has 1 rings (SSSR count). The lowest BCUT2D eigenvalue weighted by atomic mass is 10.2. The van der Waals surface area contributed by atoms with Crippen LogP contribution in [0.5, 0.6) is 17.2 Å². The molecule has 0 aliphatic rings. The van der Waals surface area contributed by atoms with E-state index in [0.29, 0.717) is 11.5 Å². The summed E-state index contributed by atoms with van der Waals surface area (Å²) in [5, 5.41) is 12.2. The number of hydrogen-bond donors (Lipinski definition) is 2. The van der Waals surface area contributed by atoms with Crippen LogP contribution in [0.4, 0.5) is 10.5 Å². The Balaban J connectivity index is 2.93. The van der Waals surface area contributed by atoms with E-state index in [1.54, 1.807) is 20.8 Å². The van der Waals surface area contributed by atoms with Crippen LogP contribution in [0.1, 0.15) is 20.8 Å². The van der Waals surface area contributed by atoms with Gasteiger partial charge in [-0.2, -0.15) is 0 Å². The first-order valence-electron chi connectivity index (χ1n) is 5.72. The minimum Gasteiger partial charge on any atom is -0.506 e. The number of phenols is 1. The smallest absolute Gasteiger partial charge is 0.412 e. The highest BCUT2D eigenvalue weighted by molar-refractivity contribution is 5.87. The van der Waals surface area contributed by atoms with Gasteiger partial charge in [0.2, 0.25) is 0 Å². The summed E-state index contributed by atoms with van der Waals surface area (Å²) in [7, 11) is 2.92. The van der Waals surface area contributed by atoms with Crippen molar-refractivity contribution in [2.24, 2.45) is 0 Å². The molecule has 0 aliphatic heterocycles. The molecular weight excluding hydrogens is 250 g/mol. The second-order valence-corrected chi connectivity index (χ2v) is 4.85. The van der Waals surface area contributed by atoms with Crippen molar-refractivity contribution in [2.45, 2.75) is 26.4 Å². The molecule has 6 heteroatoms. The highest BCUT2D eigenvalue weighted by Crippen LogP contribution is 2.37. The van der Waals surface area contributed by atoms with E-state index in [1.165, 1.54) is 26.4 Å². The number of carbonyl (C=O) groups excluding carboxylic acids is 1. The van der Waals surface area contributed by atoms with Gasteiger partial charge in [-0.3, -0.25) is 5.32 Å². The monoisotopic (exact) mass is 269 g/mol. The standard InChI is InChI=1S/C13H19NO5/c1-13(2,3)19-12(16)14-8-6-10(17-4)11(18-5)7-9(8)15/h6-7,15H,1-5H3,(H,14,16). The molecular formula is C13H19NO5. The number of anilines is 1. The van der Waals surface area contributed by atoms with Crippen molar-refractivity contribution >= 4 is 11.8 Å². The molecule has 0 heterocycles. The quantitative estimate of drug-likeness (QED) is 0.825. The minimum absolute atomic E-state index is 0.136. The summed E-state index contributed by atoms with van der Waals surface area (Å²) in [6.07, 6.45) is -0.657. The third kappa shape index (κ3) is 4.24. The van der Waals surface area contributed by atoms with Crippen molar-refractivity contribution in [1.29, 1.82) is 0 Å². The van der Waals surface area contributed by atoms with E-state index >= 15 is 0 Å². The average Bonchev–Trinajstić information content (AvgIpc) is 2.28. The van der Waals surface area contributed by atoms with Gasteiger partial charge in [0.25, 0.3) is 0 Å². The summed E-state index contributed by atoms with van der Waals surface area (Å²) >= 11 is 0. The molecule has 0 bridgehead atoms. The molecule has 2 N–H and O–H groups in total. The molecule has 0 saturated carbocycles. The summed E-state index contributed by atoms with van der Waals surface area (Å²) in [6, 6.07) is 2.81. The Morgan fingerprint density at radius 3 is 2.16 bits per heavy atom. The maximum atomic E-state index is 11.6. The Bertz CT molecular complexity index is 465. The first-order chi connectivity index (χ1) is 8.76. The van der Waals surface area contributed by atoms with Crippen LogP contribution in [0.15, 0.2) is 12.1 Å². The van der Waals surface area contributed by atoms with Crippen molar-refractivity contribution < 1.29 is 24.1 Å². The molecule has 0 spiro atoms. The molecule has 1 amide bonds. The van der Waals surface area contributed by atoms with Crippen LogP contribution in [0.25, 0.3) is 0 Å². The van der Waals surface area contributed by atoms with Crippen molar-refractivity contribution in [3.63, 3.8) is 0 Å². The van der Waals surface area contributed by atoms with Crippen LogP contribution >= 0.6 is 0 Å². The molecule has 0 aromatic heterocycles. The van der Waals surface area contributed by atoms with Gasteiger partial charge >= 0.3 is 6.09 Å². The van der Waals surface area contributed by atoms with Gasteiger partial charge in [0.1, 0.15) is 11.4 Å². The van der Waals surface area contributed by atoms with Crippen LogP contribution in [-0.2, 0) is 4.74 Å². The fraction of sp³-hybridized carbons (Fsp3) is 0.462. The minimum atomic E-state index is -0.657. The largest absolute Gasteiger partial charge is 0.506 e. The van der Waals surface area contributed by atoms with E-state index in [4.69, 9.17) is 14.2 Å². The lowest BCUT2D eigenvalue weighted by molar-refractivity contribution is 0.0635.